The lowest BCUT2D eigenvalue weighted by molar-refractivity contribution is 0.652. The maximum Gasteiger partial charge on any atom is 0.0465 e. The molecule has 4 aliphatic carbocycles. The molecule has 0 aromatic heterocycles. The van der Waals surface area contributed by atoms with E-state index in [0.29, 0.717) is 0 Å². The summed E-state index contributed by atoms with van der Waals surface area (Å²) >= 11 is 0. The lowest BCUT2D eigenvalue weighted by Crippen LogP contribution is -2.18. The molecule has 0 radical (unpaired) electrons. The monoisotopic (exact) mass is 823 g/mol. The summed E-state index contributed by atoms with van der Waals surface area (Å²) in [5.74, 6) is 0. The number of anilines is 3. The summed E-state index contributed by atoms with van der Waals surface area (Å²) in [6.07, 6.45) is 0. The number of hydrogen-bond acceptors (Lipinski definition) is 1. The van der Waals surface area contributed by atoms with Crippen molar-refractivity contribution in [3.05, 3.63) is 208 Å². The van der Waals surface area contributed by atoms with Crippen molar-refractivity contribution >= 4 is 38.6 Å². The molecule has 0 unspecified atom stereocenters. The highest BCUT2D eigenvalue weighted by molar-refractivity contribution is 6.05. The molecule has 0 saturated heterocycles. The zero-order chi connectivity index (χ0) is 43.8. The van der Waals surface area contributed by atoms with E-state index in [1.807, 2.05) is 0 Å². The average Bonchev–Trinajstić information content (AvgIpc) is 3.85. The lowest BCUT2D eigenvalue weighted by atomic mass is 9.79. The smallest absolute Gasteiger partial charge is 0.0465 e. The van der Waals surface area contributed by atoms with Crippen LogP contribution in [0.5, 0.6) is 0 Å². The van der Waals surface area contributed by atoms with Gasteiger partial charge in [0.05, 0.1) is 0 Å². The Bertz CT molecular complexity index is 3340. The standard InChI is InChI=1S/C63H53N/c1-36-18-22-39(23-19-36)64(40-24-26-44-46-32-56-48(34-54(46)62(6,7)52(44)30-40)58-42-16-12-10-14-37(42)20-28-50(58)60(56,2)3)41-25-27-45-47-33-57-49(35-55(47)63(8,9)53(45)31-41)59-43-17-13-11-15-38(43)21-29-51(59)61(57,4)5/h10-35H,1-9H3. The molecule has 1 nitrogen and oxygen atoms in total. The Morgan fingerprint density at radius 2 is 0.656 bits per heavy atom. The maximum absolute atomic E-state index is 2.56. The minimum atomic E-state index is -0.189. The summed E-state index contributed by atoms with van der Waals surface area (Å²) in [6, 6.07) is 61.0. The van der Waals surface area contributed by atoms with Gasteiger partial charge in [-0.3, -0.25) is 0 Å². The number of nitrogens with zero attached hydrogens (tertiary/aromatic N) is 1. The Labute approximate surface area is 378 Å². The second kappa shape index (κ2) is 12.3. The van der Waals surface area contributed by atoms with E-state index < -0.39 is 0 Å². The first-order valence-corrected chi connectivity index (χ1v) is 23.3. The van der Waals surface area contributed by atoms with Crippen LogP contribution in [0.2, 0.25) is 0 Å². The van der Waals surface area contributed by atoms with Gasteiger partial charge in [0.25, 0.3) is 0 Å². The van der Waals surface area contributed by atoms with Crippen LogP contribution in [-0.4, -0.2) is 0 Å². The molecule has 9 aromatic rings. The molecule has 0 aliphatic heterocycles. The van der Waals surface area contributed by atoms with Crippen LogP contribution < -0.4 is 4.90 Å². The lowest BCUT2D eigenvalue weighted by Gasteiger charge is -2.30. The molecule has 9 aromatic carbocycles. The molecule has 4 aliphatic rings. The van der Waals surface area contributed by atoms with Crippen LogP contribution in [-0.2, 0) is 21.7 Å². The van der Waals surface area contributed by atoms with Crippen LogP contribution in [0.1, 0.15) is 105 Å². The molecular formula is C63H53N. The molecule has 13 rings (SSSR count). The fourth-order valence-corrected chi connectivity index (χ4v) is 12.9. The van der Waals surface area contributed by atoms with Crippen molar-refractivity contribution in [2.24, 2.45) is 0 Å². The van der Waals surface area contributed by atoms with Crippen LogP contribution in [0.3, 0.4) is 0 Å². The molecule has 310 valence electrons. The Morgan fingerprint density at radius 1 is 0.297 bits per heavy atom. The van der Waals surface area contributed by atoms with E-state index in [-0.39, 0.29) is 21.7 Å². The second-order valence-corrected chi connectivity index (χ2v) is 21.4. The second-order valence-electron chi connectivity index (χ2n) is 21.4. The number of aryl methyl sites for hydroxylation is 1. The van der Waals surface area contributed by atoms with Crippen molar-refractivity contribution in [2.45, 2.75) is 84.0 Å². The predicted molar refractivity (Wildman–Crippen MR) is 271 cm³/mol. The van der Waals surface area contributed by atoms with Crippen LogP contribution in [0.25, 0.3) is 66.1 Å². The minimum Gasteiger partial charge on any atom is -0.310 e. The molecule has 0 bridgehead atoms. The summed E-state index contributed by atoms with van der Waals surface area (Å²) in [6.45, 7) is 21.6. The van der Waals surface area contributed by atoms with E-state index >= 15 is 0 Å². The topological polar surface area (TPSA) is 3.24 Å². The van der Waals surface area contributed by atoms with Crippen molar-refractivity contribution < 1.29 is 0 Å². The summed E-state index contributed by atoms with van der Waals surface area (Å²) in [5.41, 5.74) is 26.6. The highest BCUT2D eigenvalue weighted by Crippen LogP contribution is 2.60. The van der Waals surface area contributed by atoms with E-state index in [9.17, 15) is 0 Å². The van der Waals surface area contributed by atoms with Gasteiger partial charge >= 0.3 is 0 Å². The maximum atomic E-state index is 2.56. The van der Waals surface area contributed by atoms with Crippen LogP contribution in [0.4, 0.5) is 17.1 Å². The third-order valence-electron chi connectivity index (χ3n) is 16.5. The molecule has 0 heterocycles. The highest BCUT2D eigenvalue weighted by atomic mass is 15.1. The normalized spacial score (nSPS) is 16.7. The molecular weight excluding hydrogens is 771 g/mol. The van der Waals surface area contributed by atoms with Crippen molar-refractivity contribution in [3.63, 3.8) is 0 Å². The molecule has 0 saturated carbocycles. The van der Waals surface area contributed by atoms with Crippen LogP contribution in [0, 0.1) is 6.92 Å². The van der Waals surface area contributed by atoms with Gasteiger partial charge in [0.1, 0.15) is 0 Å². The van der Waals surface area contributed by atoms with E-state index in [0.717, 1.165) is 0 Å². The largest absolute Gasteiger partial charge is 0.310 e. The van der Waals surface area contributed by atoms with Gasteiger partial charge < -0.3 is 4.90 Å². The zero-order valence-electron chi connectivity index (χ0n) is 38.5. The Kier molecular flexibility index (Phi) is 7.27. The van der Waals surface area contributed by atoms with Gasteiger partial charge in [-0.15, -0.1) is 0 Å². The van der Waals surface area contributed by atoms with Gasteiger partial charge in [-0.1, -0.05) is 158 Å². The van der Waals surface area contributed by atoms with Crippen molar-refractivity contribution in [3.8, 4) is 44.5 Å². The Hall–Kier alpha value is -6.70. The van der Waals surface area contributed by atoms with E-state index in [2.05, 4.69) is 225 Å². The summed E-state index contributed by atoms with van der Waals surface area (Å²) in [5, 5.41) is 5.31. The van der Waals surface area contributed by atoms with E-state index in [1.54, 1.807) is 0 Å². The SMILES string of the molecule is Cc1ccc(N(c2ccc3c(c2)C(C)(C)c2cc4c(cc2-3)C(C)(C)c2ccc3ccccc3c2-4)c2ccc3c(c2)C(C)(C)c2cc4c(cc2-3)C(C)(C)c2ccc3ccccc3c2-4)cc1. The Morgan fingerprint density at radius 3 is 1.11 bits per heavy atom. The predicted octanol–water partition coefficient (Wildman–Crippen LogP) is 17.0. The van der Waals surface area contributed by atoms with Gasteiger partial charge in [0.15, 0.2) is 0 Å². The molecule has 0 atom stereocenters. The van der Waals surface area contributed by atoms with Crippen LogP contribution >= 0.6 is 0 Å². The van der Waals surface area contributed by atoms with Gasteiger partial charge in [-0.2, -0.15) is 0 Å². The minimum absolute atomic E-state index is 0.0883. The third-order valence-corrected chi connectivity index (χ3v) is 16.5. The third kappa shape index (κ3) is 4.75. The first-order chi connectivity index (χ1) is 30.7. The molecule has 0 fully saturated rings. The Balaban J connectivity index is 0.944. The van der Waals surface area contributed by atoms with Gasteiger partial charge in [-0.05, 0) is 178 Å². The highest BCUT2D eigenvalue weighted by Gasteiger charge is 2.44. The summed E-state index contributed by atoms with van der Waals surface area (Å²) in [4.78, 5) is 2.50. The molecule has 1 heteroatoms. The number of hydrogen-bond donors (Lipinski definition) is 0. The quantitative estimate of drug-likeness (QED) is 0.172. The van der Waals surface area contributed by atoms with Gasteiger partial charge in [0, 0.05) is 38.7 Å². The molecule has 0 spiro atoms. The fourth-order valence-electron chi connectivity index (χ4n) is 12.9. The van der Waals surface area contributed by atoms with E-state index in [1.165, 1.54) is 133 Å². The molecule has 0 amide bonds. The van der Waals surface area contributed by atoms with Gasteiger partial charge in [-0.25, -0.2) is 0 Å². The van der Waals surface area contributed by atoms with Crippen molar-refractivity contribution in [1.29, 1.82) is 0 Å². The van der Waals surface area contributed by atoms with Crippen LogP contribution in [0.15, 0.2) is 158 Å². The molecule has 64 heavy (non-hydrogen) atoms. The zero-order valence-corrected chi connectivity index (χ0v) is 38.5. The number of fused-ring (bicyclic) bond motifs is 16. The number of benzene rings is 9. The van der Waals surface area contributed by atoms with Gasteiger partial charge in [0.2, 0.25) is 0 Å². The summed E-state index contributed by atoms with van der Waals surface area (Å²) < 4.78 is 0. The number of rotatable bonds is 3. The molecule has 0 N–H and O–H groups in total. The fraction of sp³-hybridized carbons (Fsp3) is 0.206. The summed E-state index contributed by atoms with van der Waals surface area (Å²) in [7, 11) is 0. The van der Waals surface area contributed by atoms with Crippen molar-refractivity contribution in [1.82, 2.24) is 0 Å². The first kappa shape index (κ1) is 37.8. The van der Waals surface area contributed by atoms with Crippen molar-refractivity contribution in [2.75, 3.05) is 4.90 Å². The average molecular weight is 824 g/mol. The van der Waals surface area contributed by atoms with E-state index in [4.69, 9.17) is 0 Å². The first-order valence-electron chi connectivity index (χ1n) is 23.3.